The monoisotopic (exact) mass is 362 g/mol. The fraction of sp³-hybridized carbons (Fsp3) is 0.636. The first-order valence-electron chi connectivity index (χ1n) is 9.90. The maximum absolute atomic E-state index is 12.7. The first kappa shape index (κ1) is 22.2. The van der Waals surface area contributed by atoms with Gasteiger partial charge in [-0.05, 0) is 62.8 Å². The van der Waals surface area contributed by atoms with Gasteiger partial charge in [-0.25, -0.2) is 9.59 Å². The minimum Gasteiger partial charge on any atom is -0.459 e. The maximum Gasteiger partial charge on any atom is 0.339 e. The Morgan fingerprint density at radius 1 is 0.769 bits per heavy atom. The summed E-state index contributed by atoms with van der Waals surface area (Å²) >= 11 is 0. The van der Waals surface area contributed by atoms with Crippen molar-refractivity contribution < 1.29 is 19.1 Å². The number of ether oxygens (including phenoxy) is 2. The predicted molar refractivity (Wildman–Crippen MR) is 105 cm³/mol. The van der Waals surface area contributed by atoms with Crippen molar-refractivity contribution in [2.24, 2.45) is 0 Å². The van der Waals surface area contributed by atoms with Gasteiger partial charge in [0.05, 0.1) is 11.1 Å². The molecule has 0 saturated heterocycles. The van der Waals surface area contributed by atoms with E-state index in [0.29, 0.717) is 11.1 Å². The van der Waals surface area contributed by atoms with Crippen molar-refractivity contribution in [2.45, 2.75) is 92.3 Å². The molecule has 0 spiro atoms. The highest BCUT2D eigenvalue weighted by molar-refractivity contribution is 6.03. The van der Waals surface area contributed by atoms with Gasteiger partial charge in [0.15, 0.2) is 0 Å². The summed E-state index contributed by atoms with van der Waals surface area (Å²) in [7, 11) is 0. The third-order valence-electron chi connectivity index (χ3n) is 4.75. The van der Waals surface area contributed by atoms with E-state index in [1.165, 1.54) is 0 Å². The highest BCUT2D eigenvalue weighted by Crippen LogP contribution is 2.21. The summed E-state index contributed by atoms with van der Waals surface area (Å²) in [5.41, 5.74) is 2.52. The van der Waals surface area contributed by atoms with Gasteiger partial charge in [0, 0.05) is 0 Å². The molecule has 2 unspecified atom stereocenters. The molecule has 26 heavy (non-hydrogen) atoms. The van der Waals surface area contributed by atoms with Gasteiger partial charge in [0.1, 0.15) is 12.2 Å². The second kappa shape index (κ2) is 11.0. The van der Waals surface area contributed by atoms with Crippen molar-refractivity contribution in [1.82, 2.24) is 0 Å². The Balaban J connectivity index is 3.13. The lowest BCUT2D eigenvalue weighted by Crippen LogP contribution is -2.23. The second-order valence-corrected chi connectivity index (χ2v) is 6.93. The van der Waals surface area contributed by atoms with E-state index in [4.69, 9.17) is 9.47 Å². The van der Waals surface area contributed by atoms with Crippen LogP contribution >= 0.6 is 0 Å². The Morgan fingerprint density at radius 2 is 1.12 bits per heavy atom. The van der Waals surface area contributed by atoms with Gasteiger partial charge in [-0.15, -0.1) is 0 Å². The van der Waals surface area contributed by atoms with Gasteiger partial charge in [0.25, 0.3) is 0 Å². The zero-order valence-corrected chi connectivity index (χ0v) is 17.2. The van der Waals surface area contributed by atoms with Crippen LogP contribution in [0.4, 0.5) is 0 Å². The Kier molecular flexibility index (Phi) is 9.39. The number of benzene rings is 1. The third kappa shape index (κ3) is 6.15. The lowest BCUT2D eigenvalue weighted by molar-refractivity contribution is 0.0223. The molecule has 4 heteroatoms. The smallest absolute Gasteiger partial charge is 0.339 e. The summed E-state index contributed by atoms with van der Waals surface area (Å²) < 4.78 is 11.3. The molecule has 0 bridgehead atoms. The van der Waals surface area contributed by atoms with E-state index in [0.717, 1.165) is 49.7 Å². The topological polar surface area (TPSA) is 52.6 Å². The quantitative estimate of drug-likeness (QED) is 0.495. The number of rotatable bonds is 10. The van der Waals surface area contributed by atoms with Gasteiger partial charge in [-0.3, -0.25) is 0 Å². The first-order chi connectivity index (χ1) is 12.4. The van der Waals surface area contributed by atoms with Crippen LogP contribution in [0.1, 0.15) is 98.1 Å². The Hall–Kier alpha value is -1.84. The summed E-state index contributed by atoms with van der Waals surface area (Å²) in [5, 5.41) is 0. The number of carbonyl (C=O) groups excluding carboxylic acids is 2. The summed E-state index contributed by atoms with van der Waals surface area (Å²) in [6.07, 6.45) is 4.81. The molecule has 0 aliphatic rings. The molecule has 0 aromatic heterocycles. The average Bonchev–Trinajstić information content (AvgIpc) is 2.62. The summed E-state index contributed by atoms with van der Waals surface area (Å²) in [6, 6.07) is 3.49. The van der Waals surface area contributed by atoms with Crippen LogP contribution in [0.2, 0.25) is 0 Å². The molecule has 146 valence electrons. The van der Waals surface area contributed by atoms with Gasteiger partial charge < -0.3 is 9.47 Å². The van der Waals surface area contributed by atoms with Gasteiger partial charge in [-0.1, -0.05) is 40.5 Å². The molecule has 1 aromatic rings. The maximum atomic E-state index is 12.7. The van der Waals surface area contributed by atoms with Crippen LogP contribution in [-0.4, -0.2) is 24.1 Å². The average molecular weight is 363 g/mol. The van der Waals surface area contributed by atoms with E-state index < -0.39 is 11.9 Å². The van der Waals surface area contributed by atoms with Gasteiger partial charge in [-0.2, -0.15) is 0 Å². The molecule has 0 fully saturated rings. The minimum atomic E-state index is -0.441. The molecule has 1 rings (SSSR count). The first-order valence-corrected chi connectivity index (χ1v) is 9.90. The zero-order chi connectivity index (χ0) is 19.7. The molecule has 4 nitrogen and oxygen atoms in total. The highest BCUT2D eigenvalue weighted by Gasteiger charge is 2.24. The summed E-state index contributed by atoms with van der Waals surface area (Å²) in [5.74, 6) is -0.882. The third-order valence-corrected chi connectivity index (χ3v) is 4.75. The molecule has 0 aliphatic carbocycles. The van der Waals surface area contributed by atoms with Crippen molar-refractivity contribution in [3.8, 4) is 0 Å². The Bertz CT molecular complexity index is 553. The van der Waals surface area contributed by atoms with Crippen LogP contribution in [-0.2, 0) is 9.47 Å². The van der Waals surface area contributed by atoms with Crippen LogP contribution in [0.15, 0.2) is 12.1 Å². The number of carbonyl (C=O) groups is 2. The number of hydrogen-bond donors (Lipinski definition) is 0. The molecule has 2 atom stereocenters. The number of esters is 2. The van der Waals surface area contributed by atoms with E-state index in [9.17, 15) is 9.59 Å². The van der Waals surface area contributed by atoms with E-state index in [1.807, 2.05) is 27.7 Å². The molecule has 0 saturated carbocycles. The van der Waals surface area contributed by atoms with Crippen molar-refractivity contribution >= 4 is 11.9 Å². The van der Waals surface area contributed by atoms with Gasteiger partial charge >= 0.3 is 11.9 Å². The summed E-state index contributed by atoms with van der Waals surface area (Å²) in [4.78, 5) is 25.5. The van der Waals surface area contributed by atoms with Crippen LogP contribution in [0.3, 0.4) is 0 Å². The van der Waals surface area contributed by atoms with Crippen molar-refractivity contribution in [3.05, 3.63) is 34.4 Å². The standard InChI is InChI=1S/C22H34O4/c1-7-11-17(9-3)25-21(23)19-13-15(5)16(6)14-20(19)22(24)26-18(10-4)12-8-2/h13-14,17-18H,7-12H2,1-6H3. The van der Waals surface area contributed by atoms with Crippen molar-refractivity contribution in [1.29, 1.82) is 0 Å². The molecule has 0 amide bonds. The van der Waals surface area contributed by atoms with Gasteiger partial charge in [0.2, 0.25) is 0 Å². The largest absolute Gasteiger partial charge is 0.459 e. The molecule has 1 aromatic carbocycles. The Labute approximate surface area is 158 Å². The van der Waals surface area contributed by atoms with Crippen LogP contribution in [0, 0.1) is 13.8 Å². The molecule has 0 N–H and O–H groups in total. The highest BCUT2D eigenvalue weighted by atomic mass is 16.5. The molecule has 0 radical (unpaired) electrons. The van der Waals surface area contributed by atoms with E-state index >= 15 is 0 Å². The summed E-state index contributed by atoms with van der Waals surface area (Å²) in [6.45, 7) is 12.0. The molecular weight excluding hydrogens is 328 g/mol. The SMILES string of the molecule is CCCC(CC)OC(=O)c1cc(C)c(C)cc1C(=O)OC(CC)CCC. The van der Waals surface area contributed by atoms with Crippen LogP contribution in [0.5, 0.6) is 0 Å². The number of aryl methyl sites for hydroxylation is 2. The molecule has 0 aliphatic heterocycles. The lowest BCUT2D eigenvalue weighted by Gasteiger charge is -2.19. The number of hydrogen-bond acceptors (Lipinski definition) is 4. The predicted octanol–water partition coefficient (Wildman–Crippen LogP) is 5.77. The zero-order valence-electron chi connectivity index (χ0n) is 17.2. The van der Waals surface area contributed by atoms with Crippen molar-refractivity contribution in [3.63, 3.8) is 0 Å². The van der Waals surface area contributed by atoms with E-state index in [1.54, 1.807) is 12.1 Å². The normalized spacial score (nSPS) is 13.2. The van der Waals surface area contributed by atoms with Crippen LogP contribution < -0.4 is 0 Å². The fourth-order valence-corrected chi connectivity index (χ4v) is 2.92. The van der Waals surface area contributed by atoms with E-state index in [-0.39, 0.29) is 12.2 Å². The molecule has 0 heterocycles. The Morgan fingerprint density at radius 3 is 1.38 bits per heavy atom. The fourth-order valence-electron chi connectivity index (χ4n) is 2.92. The van der Waals surface area contributed by atoms with E-state index in [2.05, 4.69) is 13.8 Å². The lowest BCUT2D eigenvalue weighted by atomic mass is 9.99. The second-order valence-electron chi connectivity index (χ2n) is 6.93. The minimum absolute atomic E-state index is 0.124. The molecular formula is C22H34O4. The van der Waals surface area contributed by atoms with Crippen molar-refractivity contribution in [2.75, 3.05) is 0 Å². The van der Waals surface area contributed by atoms with Crippen LogP contribution in [0.25, 0.3) is 0 Å².